The van der Waals surface area contributed by atoms with Crippen molar-refractivity contribution in [2.45, 2.75) is 6.42 Å². The molecule has 0 aliphatic rings. The number of hydrogen-bond donors (Lipinski definition) is 2. The van der Waals surface area contributed by atoms with E-state index in [4.69, 9.17) is 4.42 Å². The van der Waals surface area contributed by atoms with Gasteiger partial charge >= 0.3 is 0 Å². The number of nitrogens with one attached hydrogen (secondary N) is 2. The van der Waals surface area contributed by atoms with E-state index in [0.717, 1.165) is 24.1 Å². The summed E-state index contributed by atoms with van der Waals surface area (Å²) in [6.45, 7) is 0.786. The lowest BCUT2D eigenvalue weighted by Gasteiger charge is -2.00. The molecule has 0 aliphatic carbocycles. The Morgan fingerprint density at radius 1 is 1.05 bits per heavy atom. The molecule has 0 fully saturated rings. The van der Waals surface area contributed by atoms with Gasteiger partial charge in [-0.1, -0.05) is 30.3 Å². The van der Waals surface area contributed by atoms with Gasteiger partial charge in [-0.15, -0.1) is 0 Å². The molecule has 4 nitrogen and oxygen atoms in total. The number of hydrogen-bond acceptors (Lipinski definition) is 3. The second-order valence-corrected chi connectivity index (χ2v) is 5.02. The average Bonchev–Trinajstić information content (AvgIpc) is 3.11. The molecule has 4 aromatic rings. The third-order valence-corrected chi connectivity index (χ3v) is 3.64. The van der Waals surface area contributed by atoms with Crippen molar-refractivity contribution in [2.24, 2.45) is 0 Å². The number of fused-ring (bicyclic) bond motifs is 2. The molecule has 0 bridgehead atoms. The first-order chi connectivity index (χ1) is 10.4. The highest BCUT2D eigenvalue weighted by Crippen LogP contribution is 2.20. The minimum atomic E-state index is 0.580. The molecule has 2 aromatic heterocycles. The molecule has 0 unspecified atom stereocenters. The maximum atomic E-state index is 5.64. The van der Waals surface area contributed by atoms with Gasteiger partial charge in [0, 0.05) is 23.6 Å². The van der Waals surface area contributed by atoms with E-state index < -0.39 is 0 Å². The highest BCUT2D eigenvalue weighted by atomic mass is 16.4. The van der Waals surface area contributed by atoms with Crippen molar-refractivity contribution in [1.82, 2.24) is 9.97 Å². The van der Waals surface area contributed by atoms with E-state index in [1.807, 2.05) is 30.3 Å². The number of nitrogens with zero attached hydrogens (tertiary/aromatic N) is 1. The minimum Gasteiger partial charge on any atom is -0.424 e. The number of benzene rings is 2. The SMILES string of the molecule is c1ccc2oc(NCCc3c[nH]c4ccccc34)nc2c1. The van der Waals surface area contributed by atoms with Crippen LogP contribution in [-0.4, -0.2) is 16.5 Å². The summed E-state index contributed by atoms with van der Waals surface area (Å²) in [6, 6.07) is 16.7. The van der Waals surface area contributed by atoms with Crippen LogP contribution in [0.2, 0.25) is 0 Å². The van der Waals surface area contributed by atoms with E-state index in [2.05, 4.69) is 39.7 Å². The maximum absolute atomic E-state index is 5.64. The summed E-state index contributed by atoms with van der Waals surface area (Å²) in [4.78, 5) is 7.70. The number of anilines is 1. The molecule has 0 saturated heterocycles. The predicted octanol–water partition coefficient (Wildman–Crippen LogP) is 3.96. The Balaban J connectivity index is 1.47. The molecule has 0 aliphatic heterocycles. The van der Waals surface area contributed by atoms with Gasteiger partial charge in [0.2, 0.25) is 0 Å². The summed E-state index contributed by atoms with van der Waals surface area (Å²) >= 11 is 0. The van der Waals surface area contributed by atoms with E-state index in [1.165, 1.54) is 16.5 Å². The van der Waals surface area contributed by atoms with Gasteiger partial charge in [-0.3, -0.25) is 0 Å². The third kappa shape index (κ3) is 2.25. The zero-order chi connectivity index (χ0) is 14.1. The fourth-order valence-electron chi connectivity index (χ4n) is 2.59. The summed E-state index contributed by atoms with van der Waals surface area (Å²) in [6.07, 6.45) is 2.99. The second-order valence-electron chi connectivity index (χ2n) is 5.02. The van der Waals surface area contributed by atoms with Crippen LogP contribution in [0.5, 0.6) is 0 Å². The van der Waals surface area contributed by atoms with Crippen molar-refractivity contribution in [3.63, 3.8) is 0 Å². The normalized spacial score (nSPS) is 11.2. The van der Waals surface area contributed by atoms with Crippen LogP contribution in [0.4, 0.5) is 6.01 Å². The molecular formula is C17H15N3O. The van der Waals surface area contributed by atoms with Gasteiger partial charge in [-0.2, -0.15) is 4.98 Å². The lowest BCUT2D eigenvalue weighted by molar-refractivity contribution is 0.614. The predicted molar refractivity (Wildman–Crippen MR) is 84.5 cm³/mol. The lowest BCUT2D eigenvalue weighted by Crippen LogP contribution is -2.04. The van der Waals surface area contributed by atoms with Crippen LogP contribution in [0.25, 0.3) is 22.0 Å². The number of oxazole rings is 1. The minimum absolute atomic E-state index is 0.580. The molecule has 2 aromatic carbocycles. The third-order valence-electron chi connectivity index (χ3n) is 3.64. The van der Waals surface area contributed by atoms with Crippen molar-refractivity contribution >= 4 is 28.0 Å². The number of H-pyrrole nitrogens is 1. The van der Waals surface area contributed by atoms with Gasteiger partial charge in [0.05, 0.1) is 0 Å². The largest absolute Gasteiger partial charge is 0.424 e. The molecule has 21 heavy (non-hydrogen) atoms. The van der Waals surface area contributed by atoms with E-state index >= 15 is 0 Å². The van der Waals surface area contributed by atoms with Crippen LogP contribution in [0.1, 0.15) is 5.56 Å². The smallest absolute Gasteiger partial charge is 0.295 e. The van der Waals surface area contributed by atoms with Crippen molar-refractivity contribution in [1.29, 1.82) is 0 Å². The molecule has 0 amide bonds. The van der Waals surface area contributed by atoms with Crippen LogP contribution in [-0.2, 0) is 6.42 Å². The topological polar surface area (TPSA) is 53.9 Å². The van der Waals surface area contributed by atoms with Gasteiger partial charge in [0.25, 0.3) is 6.01 Å². The highest BCUT2D eigenvalue weighted by Gasteiger charge is 2.05. The quantitative estimate of drug-likeness (QED) is 0.593. The van der Waals surface area contributed by atoms with Gasteiger partial charge in [0.1, 0.15) is 5.52 Å². The first-order valence-electron chi connectivity index (χ1n) is 7.04. The average molecular weight is 277 g/mol. The van der Waals surface area contributed by atoms with E-state index in [-0.39, 0.29) is 0 Å². The van der Waals surface area contributed by atoms with Gasteiger partial charge in [0.15, 0.2) is 5.58 Å². The standard InChI is InChI=1S/C17H15N3O/c1-2-6-14-13(5-1)12(11-19-14)9-10-18-17-20-15-7-3-4-8-16(15)21-17/h1-8,11,19H,9-10H2,(H,18,20). The molecular weight excluding hydrogens is 262 g/mol. The van der Waals surface area contributed by atoms with Crippen LogP contribution in [0.3, 0.4) is 0 Å². The summed E-state index contributed by atoms with van der Waals surface area (Å²) in [5.74, 6) is 0. The van der Waals surface area contributed by atoms with Crippen LogP contribution in [0, 0.1) is 0 Å². The number of aromatic nitrogens is 2. The molecule has 104 valence electrons. The molecule has 0 saturated carbocycles. The Labute approximate surface area is 121 Å². The fraction of sp³-hybridized carbons (Fsp3) is 0.118. The maximum Gasteiger partial charge on any atom is 0.295 e. The highest BCUT2D eigenvalue weighted by molar-refractivity contribution is 5.83. The molecule has 0 radical (unpaired) electrons. The Morgan fingerprint density at radius 3 is 2.86 bits per heavy atom. The second kappa shape index (κ2) is 4.98. The monoisotopic (exact) mass is 277 g/mol. The summed E-state index contributed by atoms with van der Waals surface area (Å²) in [5.41, 5.74) is 4.17. The Hall–Kier alpha value is -2.75. The fourth-order valence-corrected chi connectivity index (χ4v) is 2.59. The zero-order valence-corrected chi connectivity index (χ0v) is 11.5. The molecule has 0 spiro atoms. The number of aromatic amines is 1. The van der Waals surface area contributed by atoms with E-state index in [1.54, 1.807) is 0 Å². The Kier molecular flexibility index (Phi) is 2.85. The van der Waals surface area contributed by atoms with Crippen LogP contribution >= 0.6 is 0 Å². The molecule has 0 atom stereocenters. The van der Waals surface area contributed by atoms with Gasteiger partial charge in [-0.25, -0.2) is 0 Å². The number of rotatable bonds is 4. The molecule has 2 N–H and O–H groups in total. The van der Waals surface area contributed by atoms with Crippen molar-refractivity contribution < 1.29 is 4.42 Å². The van der Waals surface area contributed by atoms with Crippen LogP contribution in [0.15, 0.2) is 59.1 Å². The zero-order valence-electron chi connectivity index (χ0n) is 11.5. The van der Waals surface area contributed by atoms with Gasteiger partial charge in [-0.05, 0) is 30.2 Å². The molecule has 4 rings (SSSR count). The first-order valence-corrected chi connectivity index (χ1v) is 7.04. The van der Waals surface area contributed by atoms with Crippen molar-refractivity contribution in [3.8, 4) is 0 Å². The molecule has 2 heterocycles. The number of para-hydroxylation sites is 3. The molecule has 4 heteroatoms. The summed E-state index contributed by atoms with van der Waals surface area (Å²) in [7, 11) is 0. The van der Waals surface area contributed by atoms with Crippen molar-refractivity contribution in [2.75, 3.05) is 11.9 Å². The van der Waals surface area contributed by atoms with Gasteiger partial charge < -0.3 is 14.7 Å². The summed E-state index contributed by atoms with van der Waals surface area (Å²) < 4.78 is 5.64. The Bertz CT molecular complexity index is 858. The summed E-state index contributed by atoms with van der Waals surface area (Å²) in [5, 5.41) is 4.52. The Morgan fingerprint density at radius 2 is 1.90 bits per heavy atom. The van der Waals surface area contributed by atoms with Crippen molar-refractivity contribution in [3.05, 3.63) is 60.3 Å². The van der Waals surface area contributed by atoms with E-state index in [9.17, 15) is 0 Å². The lowest BCUT2D eigenvalue weighted by atomic mass is 10.1. The first kappa shape index (κ1) is 12.0. The van der Waals surface area contributed by atoms with E-state index in [0.29, 0.717) is 6.01 Å². The van der Waals surface area contributed by atoms with Crippen LogP contribution < -0.4 is 5.32 Å².